The third-order valence-electron chi connectivity index (χ3n) is 5.36. The summed E-state index contributed by atoms with van der Waals surface area (Å²) in [6.07, 6.45) is 1.92. The molecule has 25 heavy (non-hydrogen) atoms. The van der Waals surface area contributed by atoms with Gasteiger partial charge in [0.2, 0.25) is 10.0 Å². The lowest BCUT2D eigenvalue weighted by Crippen LogP contribution is -2.28. The molecule has 0 amide bonds. The van der Waals surface area contributed by atoms with Gasteiger partial charge >= 0.3 is 0 Å². The van der Waals surface area contributed by atoms with Crippen LogP contribution in [-0.4, -0.2) is 29.6 Å². The van der Waals surface area contributed by atoms with Gasteiger partial charge in [-0.15, -0.1) is 0 Å². The van der Waals surface area contributed by atoms with E-state index < -0.39 is 10.0 Å². The second-order valence-corrected chi connectivity index (χ2v) is 8.79. The van der Waals surface area contributed by atoms with Crippen molar-refractivity contribution in [1.82, 2.24) is 14.1 Å². The first-order valence-corrected chi connectivity index (χ1v) is 10.0. The van der Waals surface area contributed by atoms with Crippen LogP contribution in [0.1, 0.15) is 46.0 Å². The average molecular weight is 364 g/mol. The molecule has 0 aliphatic carbocycles. The number of rotatable bonds is 5. The standard InChI is InChI=1S/C19H29N3O2S/c1-9-22-11-18(17(7)20-22)10-21(8)25(23,24)19-15(5)13(3)12(2)14(4)16(19)6/h11H,9-10H2,1-8H3. The molecule has 2 aromatic rings. The summed E-state index contributed by atoms with van der Waals surface area (Å²) in [5.41, 5.74) is 6.74. The number of sulfonamides is 1. The molecule has 0 aliphatic heterocycles. The van der Waals surface area contributed by atoms with E-state index in [1.807, 2.05) is 59.3 Å². The largest absolute Gasteiger partial charge is 0.272 e. The lowest BCUT2D eigenvalue weighted by Gasteiger charge is -2.23. The fraction of sp³-hybridized carbons (Fsp3) is 0.526. The monoisotopic (exact) mass is 363 g/mol. The maximum atomic E-state index is 13.3. The molecule has 0 saturated carbocycles. The van der Waals surface area contributed by atoms with Crippen molar-refractivity contribution in [2.24, 2.45) is 0 Å². The zero-order chi connectivity index (χ0) is 19.1. The predicted octanol–water partition coefficient (Wildman–Crippen LogP) is 3.57. The van der Waals surface area contributed by atoms with Crippen LogP contribution < -0.4 is 0 Å². The van der Waals surface area contributed by atoms with Gasteiger partial charge < -0.3 is 0 Å². The summed E-state index contributed by atoms with van der Waals surface area (Å²) >= 11 is 0. The molecule has 2 rings (SSSR count). The molecule has 0 saturated heterocycles. The number of hydrogen-bond donors (Lipinski definition) is 0. The van der Waals surface area contributed by atoms with E-state index >= 15 is 0 Å². The minimum atomic E-state index is -3.58. The summed E-state index contributed by atoms with van der Waals surface area (Å²) in [5.74, 6) is 0. The van der Waals surface area contributed by atoms with Crippen LogP contribution in [0.4, 0.5) is 0 Å². The van der Waals surface area contributed by atoms with E-state index in [2.05, 4.69) is 5.10 Å². The van der Waals surface area contributed by atoms with Gasteiger partial charge in [0, 0.05) is 31.9 Å². The zero-order valence-corrected chi connectivity index (χ0v) is 17.4. The molecule has 138 valence electrons. The summed E-state index contributed by atoms with van der Waals surface area (Å²) in [7, 11) is -1.94. The first-order valence-electron chi connectivity index (χ1n) is 8.58. The van der Waals surface area contributed by atoms with E-state index in [1.54, 1.807) is 7.05 Å². The van der Waals surface area contributed by atoms with Crippen molar-refractivity contribution in [3.63, 3.8) is 0 Å². The highest BCUT2D eigenvalue weighted by Crippen LogP contribution is 2.31. The maximum Gasteiger partial charge on any atom is 0.243 e. The van der Waals surface area contributed by atoms with Crippen LogP contribution in [0.2, 0.25) is 0 Å². The highest BCUT2D eigenvalue weighted by molar-refractivity contribution is 7.89. The Morgan fingerprint density at radius 3 is 1.88 bits per heavy atom. The second-order valence-electron chi connectivity index (χ2n) is 6.81. The smallest absolute Gasteiger partial charge is 0.243 e. The van der Waals surface area contributed by atoms with Crippen LogP contribution in [0.25, 0.3) is 0 Å². The van der Waals surface area contributed by atoms with Crippen molar-refractivity contribution in [3.05, 3.63) is 45.3 Å². The first-order chi connectivity index (χ1) is 11.5. The lowest BCUT2D eigenvalue weighted by molar-refractivity contribution is 0.464. The summed E-state index contributed by atoms with van der Waals surface area (Å²) in [4.78, 5) is 0.441. The lowest BCUT2D eigenvalue weighted by atomic mass is 9.95. The van der Waals surface area contributed by atoms with Crippen molar-refractivity contribution in [1.29, 1.82) is 0 Å². The Morgan fingerprint density at radius 1 is 0.960 bits per heavy atom. The van der Waals surface area contributed by atoms with Gasteiger partial charge in [-0.2, -0.15) is 9.40 Å². The number of benzene rings is 1. The maximum absolute atomic E-state index is 13.3. The highest BCUT2D eigenvalue weighted by Gasteiger charge is 2.28. The Bertz CT molecular complexity index is 882. The molecule has 0 unspecified atom stereocenters. The molecular formula is C19H29N3O2S. The summed E-state index contributed by atoms with van der Waals surface area (Å²) in [5, 5.41) is 4.41. The quantitative estimate of drug-likeness (QED) is 0.816. The van der Waals surface area contributed by atoms with Gasteiger partial charge in [0.1, 0.15) is 0 Å². The molecule has 1 heterocycles. The van der Waals surface area contributed by atoms with Crippen LogP contribution in [0.15, 0.2) is 11.1 Å². The molecular weight excluding hydrogens is 334 g/mol. The molecule has 0 radical (unpaired) electrons. The van der Waals surface area contributed by atoms with E-state index in [4.69, 9.17) is 0 Å². The van der Waals surface area contributed by atoms with Gasteiger partial charge in [0.15, 0.2) is 0 Å². The zero-order valence-electron chi connectivity index (χ0n) is 16.6. The van der Waals surface area contributed by atoms with Gasteiger partial charge in [-0.1, -0.05) is 0 Å². The third-order valence-corrected chi connectivity index (χ3v) is 7.44. The predicted molar refractivity (Wildman–Crippen MR) is 101 cm³/mol. The molecule has 5 nitrogen and oxygen atoms in total. The normalized spacial score (nSPS) is 12.2. The number of hydrogen-bond acceptors (Lipinski definition) is 3. The van der Waals surface area contributed by atoms with Gasteiger partial charge in [0.05, 0.1) is 10.6 Å². The molecule has 0 bridgehead atoms. The van der Waals surface area contributed by atoms with Crippen LogP contribution in [0.3, 0.4) is 0 Å². The van der Waals surface area contributed by atoms with Gasteiger partial charge in [-0.05, 0) is 76.3 Å². The number of aromatic nitrogens is 2. The van der Waals surface area contributed by atoms with E-state index in [0.29, 0.717) is 11.4 Å². The summed E-state index contributed by atoms with van der Waals surface area (Å²) in [6.45, 7) is 14.8. The van der Waals surface area contributed by atoms with Crippen molar-refractivity contribution in [2.45, 2.75) is 66.5 Å². The number of aryl methyl sites for hydroxylation is 2. The van der Waals surface area contributed by atoms with Crippen LogP contribution in [0.5, 0.6) is 0 Å². The third kappa shape index (κ3) is 3.37. The Labute approximate surface area is 151 Å². The fourth-order valence-corrected chi connectivity index (χ4v) is 4.91. The summed E-state index contributed by atoms with van der Waals surface area (Å²) < 4.78 is 29.8. The van der Waals surface area contributed by atoms with Crippen LogP contribution in [0, 0.1) is 41.5 Å². The minimum Gasteiger partial charge on any atom is -0.272 e. The molecule has 0 spiro atoms. The fourth-order valence-electron chi connectivity index (χ4n) is 3.21. The van der Waals surface area contributed by atoms with Crippen LogP contribution >= 0.6 is 0 Å². The van der Waals surface area contributed by atoms with E-state index in [1.165, 1.54) is 4.31 Å². The summed E-state index contributed by atoms with van der Waals surface area (Å²) in [6, 6.07) is 0. The van der Waals surface area contributed by atoms with Crippen molar-refractivity contribution >= 4 is 10.0 Å². The van der Waals surface area contributed by atoms with Gasteiger partial charge in [-0.25, -0.2) is 8.42 Å². The molecule has 0 N–H and O–H groups in total. The topological polar surface area (TPSA) is 55.2 Å². The van der Waals surface area contributed by atoms with E-state index in [-0.39, 0.29) is 0 Å². The van der Waals surface area contributed by atoms with Crippen molar-refractivity contribution < 1.29 is 8.42 Å². The molecule has 0 atom stereocenters. The van der Waals surface area contributed by atoms with E-state index in [0.717, 1.165) is 45.6 Å². The Morgan fingerprint density at radius 2 is 1.44 bits per heavy atom. The first kappa shape index (κ1) is 19.7. The molecule has 6 heteroatoms. The Hall–Kier alpha value is -1.66. The van der Waals surface area contributed by atoms with Crippen molar-refractivity contribution in [2.75, 3.05) is 7.05 Å². The molecule has 0 fully saturated rings. The highest BCUT2D eigenvalue weighted by atomic mass is 32.2. The second kappa shape index (κ2) is 6.92. The molecule has 1 aromatic carbocycles. The minimum absolute atomic E-state index is 0.318. The Balaban J connectivity index is 2.50. The SMILES string of the molecule is CCn1cc(CN(C)S(=O)(=O)c2c(C)c(C)c(C)c(C)c2C)c(C)n1. The van der Waals surface area contributed by atoms with Crippen LogP contribution in [-0.2, 0) is 23.1 Å². The van der Waals surface area contributed by atoms with E-state index in [9.17, 15) is 8.42 Å². The van der Waals surface area contributed by atoms with Crippen molar-refractivity contribution in [3.8, 4) is 0 Å². The molecule has 1 aromatic heterocycles. The van der Waals surface area contributed by atoms with Gasteiger partial charge in [0.25, 0.3) is 0 Å². The number of nitrogens with zero attached hydrogens (tertiary/aromatic N) is 3. The average Bonchev–Trinajstić information content (AvgIpc) is 2.91. The van der Waals surface area contributed by atoms with Gasteiger partial charge in [-0.3, -0.25) is 4.68 Å². The molecule has 0 aliphatic rings. The Kier molecular flexibility index (Phi) is 5.44.